The molecule has 1 saturated heterocycles. The molecule has 0 saturated carbocycles. The number of carbonyl (C=O) groups excluding carboxylic acids is 1. The molecule has 1 unspecified atom stereocenters. The lowest BCUT2D eigenvalue weighted by Crippen LogP contribution is -2.49. The number of rotatable bonds is 4. The van der Waals surface area contributed by atoms with Gasteiger partial charge in [0.2, 0.25) is 5.91 Å². The number of carbonyl (C=O) groups is 1. The first-order chi connectivity index (χ1) is 11.1. The number of amides is 1. The Morgan fingerprint density at radius 3 is 3.00 bits per heavy atom. The van der Waals surface area contributed by atoms with Crippen LogP contribution in [0.2, 0.25) is 0 Å². The van der Waals surface area contributed by atoms with Crippen LogP contribution in [0.4, 0.5) is 4.39 Å². The molecule has 0 spiro atoms. The van der Waals surface area contributed by atoms with E-state index in [1.165, 1.54) is 12.1 Å². The second-order valence-electron chi connectivity index (χ2n) is 6.11. The zero-order valence-electron chi connectivity index (χ0n) is 13.4. The average molecular weight is 316 g/mol. The molecule has 1 fully saturated rings. The predicted molar refractivity (Wildman–Crippen MR) is 85.2 cm³/mol. The van der Waals surface area contributed by atoms with Gasteiger partial charge in [-0.3, -0.25) is 9.69 Å². The molecular weight excluding hydrogens is 295 g/mol. The van der Waals surface area contributed by atoms with Gasteiger partial charge in [-0.05, 0) is 31.5 Å². The monoisotopic (exact) mass is 316 g/mol. The van der Waals surface area contributed by atoms with Crippen LogP contribution in [0.15, 0.2) is 36.8 Å². The Bertz CT molecular complexity index is 697. The van der Waals surface area contributed by atoms with E-state index in [2.05, 4.69) is 33.6 Å². The van der Waals surface area contributed by atoms with Crippen LogP contribution in [-0.2, 0) is 11.3 Å². The minimum atomic E-state index is -0.477. The third-order valence-electron chi connectivity index (χ3n) is 4.14. The Morgan fingerprint density at radius 2 is 2.26 bits per heavy atom. The van der Waals surface area contributed by atoms with Gasteiger partial charge in [-0.2, -0.15) is 0 Å². The van der Waals surface area contributed by atoms with Crippen LogP contribution < -0.4 is 5.32 Å². The second kappa shape index (κ2) is 6.50. The summed E-state index contributed by atoms with van der Waals surface area (Å²) in [6.07, 6.45) is 3.64. The molecule has 1 aromatic heterocycles. The Balaban J connectivity index is 1.89. The third-order valence-corrected chi connectivity index (χ3v) is 4.14. The number of aromatic nitrogens is 2. The Morgan fingerprint density at radius 1 is 1.43 bits per heavy atom. The maximum Gasteiger partial charge on any atom is 0.242 e. The van der Waals surface area contributed by atoms with Crippen LogP contribution in [-0.4, -0.2) is 33.4 Å². The summed E-state index contributed by atoms with van der Waals surface area (Å²) >= 11 is 0. The van der Waals surface area contributed by atoms with Crippen molar-refractivity contribution < 1.29 is 9.18 Å². The molecule has 6 heteroatoms. The predicted octanol–water partition coefficient (Wildman–Crippen LogP) is 2.28. The van der Waals surface area contributed by atoms with Gasteiger partial charge in [-0.25, -0.2) is 9.37 Å². The number of halogens is 1. The number of hydrogen-bond donors (Lipinski definition) is 1. The van der Waals surface area contributed by atoms with Gasteiger partial charge >= 0.3 is 0 Å². The highest BCUT2D eigenvalue weighted by Gasteiger charge is 2.31. The first-order valence-electron chi connectivity index (χ1n) is 7.84. The summed E-state index contributed by atoms with van der Waals surface area (Å²) < 4.78 is 15.7. The highest BCUT2D eigenvalue weighted by atomic mass is 19.1. The largest absolute Gasteiger partial charge is 0.353 e. The van der Waals surface area contributed by atoms with Crippen LogP contribution >= 0.6 is 0 Å². The molecule has 3 rings (SSSR count). The van der Waals surface area contributed by atoms with E-state index in [1.807, 2.05) is 6.20 Å². The zero-order valence-corrected chi connectivity index (χ0v) is 13.4. The van der Waals surface area contributed by atoms with Gasteiger partial charge in [0.25, 0.3) is 0 Å². The lowest BCUT2D eigenvalue weighted by atomic mass is 10.0. The summed E-state index contributed by atoms with van der Waals surface area (Å²) in [7, 11) is 0. The molecule has 1 aromatic carbocycles. The van der Waals surface area contributed by atoms with Crippen molar-refractivity contribution in [1.82, 2.24) is 19.8 Å². The second-order valence-corrected chi connectivity index (χ2v) is 6.11. The molecule has 5 nitrogen and oxygen atoms in total. The Labute approximate surface area is 135 Å². The minimum Gasteiger partial charge on any atom is -0.353 e. The van der Waals surface area contributed by atoms with Crippen molar-refractivity contribution >= 4 is 5.91 Å². The van der Waals surface area contributed by atoms with Crippen molar-refractivity contribution in [3.8, 4) is 0 Å². The van der Waals surface area contributed by atoms with Crippen molar-refractivity contribution in [2.75, 3.05) is 13.1 Å². The van der Waals surface area contributed by atoms with E-state index in [4.69, 9.17) is 0 Å². The van der Waals surface area contributed by atoms with Crippen molar-refractivity contribution in [2.45, 2.75) is 32.5 Å². The fraction of sp³-hybridized carbons (Fsp3) is 0.412. The molecule has 0 aliphatic carbocycles. The van der Waals surface area contributed by atoms with Crippen molar-refractivity contribution in [2.24, 2.45) is 0 Å². The van der Waals surface area contributed by atoms with E-state index in [0.29, 0.717) is 24.7 Å². The van der Waals surface area contributed by atoms with Crippen LogP contribution in [0.25, 0.3) is 0 Å². The Kier molecular flexibility index (Phi) is 4.43. The molecule has 2 heterocycles. The van der Waals surface area contributed by atoms with E-state index in [0.717, 1.165) is 12.2 Å². The van der Waals surface area contributed by atoms with E-state index in [-0.39, 0.29) is 11.7 Å². The number of benzene rings is 1. The van der Waals surface area contributed by atoms with Crippen LogP contribution in [0.5, 0.6) is 0 Å². The number of nitrogens with zero attached hydrogens (tertiary/aromatic N) is 3. The number of piperazine rings is 1. The third kappa shape index (κ3) is 3.27. The van der Waals surface area contributed by atoms with Gasteiger partial charge in [0, 0.05) is 31.9 Å². The zero-order chi connectivity index (χ0) is 16.4. The highest BCUT2D eigenvalue weighted by molar-refractivity contribution is 5.83. The van der Waals surface area contributed by atoms with Gasteiger partial charge in [-0.15, -0.1) is 0 Å². The minimum absolute atomic E-state index is 0.0857. The summed E-state index contributed by atoms with van der Waals surface area (Å²) in [5.41, 5.74) is 1.73. The van der Waals surface area contributed by atoms with Crippen LogP contribution in [0.1, 0.15) is 37.2 Å². The van der Waals surface area contributed by atoms with Crippen molar-refractivity contribution in [1.29, 1.82) is 0 Å². The quantitative estimate of drug-likeness (QED) is 0.941. The molecule has 1 atom stereocenters. The summed E-state index contributed by atoms with van der Waals surface area (Å²) in [5.74, 6) is -0.412. The van der Waals surface area contributed by atoms with E-state index < -0.39 is 6.04 Å². The van der Waals surface area contributed by atoms with Crippen LogP contribution in [0, 0.1) is 5.82 Å². The summed E-state index contributed by atoms with van der Waals surface area (Å²) in [5, 5.41) is 2.87. The van der Waals surface area contributed by atoms with Gasteiger partial charge in [-0.1, -0.05) is 12.1 Å². The van der Waals surface area contributed by atoms with E-state index in [9.17, 15) is 9.18 Å². The first kappa shape index (κ1) is 15.7. The number of imidazole rings is 1. The normalized spacial score (nSPS) is 19.1. The molecule has 1 amide bonds. The molecule has 23 heavy (non-hydrogen) atoms. The average Bonchev–Trinajstić information content (AvgIpc) is 2.96. The van der Waals surface area contributed by atoms with E-state index >= 15 is 0 Å². The molecule has 2 aromatic rings. The molecule has 1 aliphatic rings. The van der Waals surface area contributed by atoms with Gasteiger partial charge in [0.05, 0.1) is 12.0 Å². The summed E-state index contributed by atoms with van der Waals surface area (Å²) in [4.78, 5) is 18.7. The molecule has 0 radical (unpaired) electrons. The lowest BCUT2D eigenvalue weighted by Gasteiger charge is -2.35. The topological polar surface area (TPSA) is 50.2 Å². The maximum absolute atomic E-state index is 13.6. The van der Waals surface area contributed by atoms with Gasteiger partial charge < -0.3 is 9.88 Å². The molecule has 122 valence electrons. The SMILES string of the molecule is CC(C)n1cncc1CN1CCNC(=O)C1c1cccc(F)c1. The Hall–Kier alpha value is -2.21. The van der Waals surface area contributed by atoms with Crippen LogP contribution in [0.3, 0.4) is 0 Å². The molecule has 1 aliphatic heterocycles. The van der Waals surface area contributed by atoms with Gasteiger partial charge in [0.1, 0.15) is 11.9 Å². The summed E-state index contributed by atoms with van der Waals surface area (Å²) in [6.45, 7) is 6.11. The lowest BCUT2D eigenvalue weighted by molar-refractivity contribution is -0.129. The smallest absolute Gasteiger partial charge is 0.242 e. The number of nitrogens with one attached hydrogen (secondary N) is 1. The van der Waals surface area contributed by atoms with Crippen molar-refractivity contribution in [3.63, 3.8) is 0 Å². The molecular formula is C17H21FN4O. The molecule has 1 N–H and O–H groups in total. The summed E-state index contributed by atoms with van der Waals surface area (Å²) in [6, 6.07) is 6.09. The molecule has 0 bridgehead atoms. The first-order valence-corrected chi connectivity index (χ1v) is 7.84. The fourth-order valence-electron chi connectivity index (χ4n) is 3.05. The number of hydrogen-bond acceptors (Lipinski definition) is 3. The van der Waals surface area contributed by atoms with Crippen molar-refractivity contribution in [3.05, 3.63) is 53.9 Å². The van der Waals surface area contributed by atoms with Gasteiger partial charge in [0.15, 0.2) is 0 Å². The van der Waals surface area contributed by atoms with E-state index in [1.54, 1.807) is 18.5 Å². The highest BCUT2D eigenvalue weighted by Crippen LogP contribution is 2.26. The standard InChI is InChI=1S/C17H21FN4O/c1-12(2)22-11-19-9-15(22)10-21-7-6-20-17(23)16(21)13-4-3-5-14(18)8-13/h3-5,8-9,11-12,16H,6-7,10H2,1-2H3,(H,20,23). The fourth-order valence-corrected chi connectivity index (χ4v) is 3.05. The maximum atomic E-state index is 13.6.